The number of unbranched alkanes of at least 4 members (excludes halogenated alkanes) is 1. The molecule has 2 N–H and O–H groups in total. The fourth-order valence-electron chi connectivity index (χ4n) is 1.93. The van der Waals surface area contributed by atoms with Gasteiger partial charge in [-0.25, -0.2) is 0 Å². The quantitative estimate of drug-likeness (QED) is 0.741. The van der Waals surface area contributed by atoms with E-state index in [0.717, 1.165) is 13.0 Å². The standard InChI is InChI=1S/C14H23NO/c1-3-5-6-13(15-4-2)11-12-7-9-14(16)10-8-12/h7-10,13,15-16H,3-6,11H2,1-2H3. The van der Waals surface area contributed by atoms with Crippen molar-refractivity contribution in [2.24, 2.45) is 0 Å². The minimum atomic E-state index is 0.345. The molecule has 1 aromatic rings. The second kappa shape index (κ2) is 7.29. The summed E-state index contributed by atoms with van der Waals surface area (Å²) in [5, 5.41) is 12.7. The SMILES string of the molecule is CCCCC(Cc1ccc(O)cc1)NCC. The molecule has 0 aliphatic carbocycles. The lowest BCUT2D eigenvalue weighted by Gasteiger charge is -2.17. The first-order valence-electron chi connectivity index (χ1n) is 6.27. The van der Waals surface area contributed by atoms with E-state index in [1.807, 2.05) is 12.1 Å². The van der Waals surface area contributed by atoms with Crippen LogP contribution < -0.4 is 5.32 Å². The highest BCUT2D eigenvalue weighted by atomic mass is 16.3. The monoisotopic (exact) mass is 221 g/mol. The lowest BCUT2D eigenvalue weighted by Crippen LogP contribution is -2.30. The number of hydrogen-bond acceptors (Lipinski definition) is 2. The van der Waals surface area contributed by atoms with Crippen molar-refractivity contribution in [3.63, 3.8) is 0 Å². The van der Waals surface area contributed by atoms with Crippen LogP contribution in [0.3, 0.4) is 0 Å². The van der Waals surface area contributed by atoms with Gasteiger partial charge in [0.25, 0.3) is 0 Å². The van der Waals surface area contributed by atoms with Crippen LogP contribution in [0.15, 0.2) is 24.3 Å². The Morgan fingerprint density at radius 3 is 2.44 bits per heavy atom. The number of phenolic OH excluding ortho intramolecular Hbond substituents is 1. The maximum absolute atomic E-state index is 9.22. The summed E-state index contributed by atoms with van der Waals surface area (Å²) in [6.07, 6.45) is 4.80. The minimum absolute atomic E-state index is 0.345. The molecule has 0 saturated heterocycles. The molecule has 0 radical (unpaired) electrons. The Kier molecular flexibility index (Phi) is 5.94. The van der Waals surface area contributed by atoms with Crippen molar-refractivity contribution in [3.05, 3.63) is 29.8 Å². The summed E-state index contributed by atoms with van der Waals surface area (Å²) in [5.41, 5.74) is 1.29. The first-order chi connectivity index (χ1) is 7.76. The Bertz CT molecular complexity index is 281. The molecule has 1 rings (SSSR count). The molecular formula is C14H23NO. The highest BCUT2D eigenvalue weighted by Gasteiger charge is 2.07. The molecule has 1 aromatic carbocycles. The van der Waals surface area contributed by atoms with Gasteiger partial charge in [-0.3, -0.25) is 0 Å². The van der Waals surface area contributed by atoms with Gasteiger partial charge in [0.1, 0.15) is 5.75 Å². The van der Waals surface area contributed by atoms with Crippen LogP contribution in [0, 0.1) is 0 Å². The van der Waals surface area contributed by atoms with Crippen molar-refractivity contribution in [2.75, 3.05) is 6.54 Å². The molecular weight excluding hydrogens is 198 g/mol. The van der Waals surface area contributed by atoms with E-state index in [1.54, 1.807) is 12.1 Å². The first-order valence-corrected chi connectivity index (χ1v) is 6.27. The molecule has 0 amide bonds. The molecule has 1 unspecified atom stereocenters. The average molecular weight is 221 g/mol. The maximum atomic E-state index is 9.22. The van der Waals surface area contributed by atoms with E-state index in [1.165, 1.54) is 24.8 Å². The van der Waals surface area contributed by atoms with Gasteiger partial charge in [0.2, 0.25) is 0 Å². The fourth-order valence-corrected chi connectivity index (χ4v) is 1.93. The van der Waals surface area contributed by atoms with Crippen molar-refractivity contribution in [2.45, 2.75) is 45.6 Å². The lowest BCUT2D eigenvalue weighted by molar-refractivity contribution is 0.468. The molecule has 0 saturated carbocycles. The summed E-state index contributed by atoms with van der Waals surface area (Å²) in [6.45, 7) is 5.39. The van der Waals surface area contributed by atoms with Crippen LogP contribution in [0.1, 0.15) is 38.7 Å². The smallest absolute Gasteiger partial charge is 0.115 e. The molecule has 0 aliphatic heterocycles. The zero-order chi connectivity index (χ0) is 11.8. The van der Waals surface area contributed by atoms with Crippen molar-refractivity contribution < 1.29 is 5.11 Å². The van der Waals surface area contributed by atoms with Crippen molar-refractivity contribution >= 4 is 0 Å². The van der Waals surface area contributed by atoms with E-state index in [-0.39, 0.29) is 0 Å². The predicted octanol–water partition coefficient (Wildman–Crippen LogP) is 3.10. The Balaban J connectivity index is 2.49. The fraction of sp³-hybridized carbons (Fsp3) is 0.571. The van der Waals surface area contributed by atoms with Gasteiger partial charge < -0.3 is 10.4 Å². The van der Waals surface area contributed by atoms with E-state index in [4.69, 9.17) is 0 Å². The maximum Gasteiger partial charge on any atom is 0.115 e. The molecule has 0 aromatic heterocycles. The van der Waals surface area contributed by atoms with Gasteiger partial charge in [-0.2, -0.15) is 0 Å². The summed E-state index contributed by atoms with van der Waals surface area (Å²) in [6, 6.07) is 8.10. The molecule has 90 valence electrons. The van der Waals surface area contributed by atoms with Gasteiger partial charge in [-0.15, -0.1) is 0 Å². The molecule has 0 aliphatic rings. The summed E-state index contributed by atoms with van der Waals surface area (Å²) >= 11 is 0. The Morgan fingerprint density at radius 1 is 1.19 bits per heavy atom. The Hall–Kier alpha value is -1.02. The van der Waals surface area contributed by atoms with Crippen LogP contribution in [0.2, 0.25) is 0 Å². The number of likely N-dealkylation sites (N-methyl/N-ethyl adjacent to an activating group) is 1. The van der Waals surface area contributed by atoms with Gasteiger partial charge in [0.15, 0.2) is 0 Å². The normalized spacial score (nSPS) is 12.6. The lowest BCUT2D eigenvalue weighted by atomic mass is 10.0. The molecule has 0 bridgehead atoms. The Labute approximate surface area is 98.7 Å². The predicted molar refractivity (Wildman–Crippen MR) is 68.8 cm³/mol. The van der Waals surface area contributed by atoms with E-state index in [2.05, 4.69) is 19.2 Å². The first kappa shape index (κ1) is 13.0. The number of nitrogens with one attached hydrogen (secondary N) is 1. The highest BCUT2D eigenvalue weighted by Crippen LogP contribution is 2.13. The van der Waals surface area contributed by atoms with E-state index >= 15 is 0 Å². The topological polar surface area (TPSA) is 32.3 Å². The summed E-state index contributed by atoms with van der Waals surface area (Å²) < 4.78 is 0. The summed E-state index contributed by atoms with van der Waals surface area (Å²) in [4.78, 5) is 0. The number of hydrogen-bond donors (Lipinski definition) is 2. The zero-order valence-electron chi connectivity index (χ0n) is 10.4. The number of rotatable bonds is 7. The van der Waals surface area contributed by atoms with Crippen molar-refractivity contribution in [3.8, 4) is 5.75 Å². The second-order valence-electron chi connectivity index (χ2n) is 4.27. The molecule has 16 heavy (non-hydrogen) atoms. The highest BCUT2D eigenvalue weighted by molar-refractivity contribution is 5.26. The summed E-state index contributed by atoms with van der Waals surface area (Å²) in [5.74, 6) is 0.345. The van der Waals surface area contributed by atoms with Gasteiger partial charge >= 0.3 is 0 Å². The number of benzene rings is 1. The third-order valence-corrected chi connectivity index (χ3v) is 2.82. The second-order valence-corrected chi connectivity index (χ2v) is 4.27. The van der Waals surface area contributed by atoms with Crippen LogP contribution in [0.5, 0.6) is 5.75 Å². The number of aromatic hydroxyl groups is 1. The van der Waals surface area contributed by atoms with Crippen LogP contribution in [-0.4, -0.2) is 17.7 Å². The van der Waals surface area contributed by atoms with Crippen molar-refractivity contribution in [1.29, 1.82) is 0 Å². The van der Waals surface area contributed by atoms with Gasteiger partial charge in [-0.1, -0.05) is 38.8 Å². The third kappa shape index (κ3) is 4.67. The van der Waals surface area contributed by atoms with Crippen LogP contribution >= 0.6 is 0 Å². The van der Waals surface area contributed by atoms with Crippen LogP contribution in [0.25, 0.3) is 0 Å². The molecule has 1 atom stereocenters. The van der Waals surface area contributed by atoms with Crippen LogP contribution in [0.4, 0.5) is 0 Å². The molecule has 2 heteroatoms. The van der Waals surface area contributed by atoms with Gasteiger partial charge in [0, 0.05) is 6.04 Å². The molecule has 0 spiro atoms. The largest absolute Gasteiger partial charge is 0.508 e. The molecule has 2 nitrogen and oxygen atoms in total. The molecule has 0 fully saturated rings. The third-order valence-electron chi connectivity index (χ3n) is 2.82. The average Bonchev–Trinajstić information content (AvgIpc) is 2.29. The molecule has 0 heterocycles. The van der Waals surface area contributed by atoms with Gasteiger partial charge in [0.05, 0.1) is 0 Å². The minimum Gasteiger partial charge on any atom is -0.508 e. The van der Waals surface area contributed by atoms with Gasteiger partial charge in [-0.05, 0) is 37.1 Å². The Morgan fingerprint density at radius 2 is 1.88 bits per heavy atom. The number of phenols is 1. The van der Waals surface area contributed by atoms with E-state index < -0.39 is 0 Å². The van der Waals surface area contributed by atoms with Crippen molar-refractivity contribution in [1.82, 2.24) is 5.32 Å². The summed E-state index contributed by atoms with van der Waals surface area (Å²) in [7, 11) is 0. The zero-order valence-corrected chi connectivity index (χ0v) is 10.4. The van der Waals surface area contributed by atoms with Crippen LogP contribution in [-0.2, 0) is 6.42 Å². The van der Waals surface area contributed by atoms with E-state index in [0.29, 0.717) is 11.8 Å². The van der Waals surface area contributed by atoms with E-state index in [9.17, 15) is 5.11 Å².